The van der Waals surface area contributed by atoms with Gasteiger partial charge in [0.25, 0.3) is 0 Å². The molecule has 3 aromatic rings. The third-order valence-corrected chi connectivity index (χ3v) is 9.05. The molecule has 1 aromatic carbocycles. The minimum atomic E-state index is -1.88. The van der Waals surface area contributed by atoms with E-state index in [-0.39, 0.29) is 16.9 Å². The highest BCUT2D eigenvalue weighted by atomic mass is 16.8. The summed E-state index contributed by atoms with van der Waals surface area (Å²) in [5, 5.41) is 0.992. The number of carbonyl (C=O) groups is 7. The van der Waals surface area contributed by atoms with Gasteiger partial charge in [0, 0.05) is 65.3 Å². The molecular weight excluding hydrogens is 804 g/mol. The molecule has 21 heteroatoms. The molecule has 326 valence electrons. The molecule has 2 saturated heterocycles. The Morgan fingerprint density at radius 1 is 0.533 bits per heavy atom. The summed E-state index contributed by atoms with van der Waals surface area (Å²) in [5.74, 6) is -6.40. The molecule has 0 spiro atoms. The van der Waals surface area contributed by atoms with Crippen molar-refractivity contribution in [3.8, 4) is 5.75 Å². The molecule has 0 bridgehead atoms. The molecule has 2 aliphatic rings. The van der Waals surface area contributed by atoms with Gasteiger partial charge < -0.3 is 60.9 Å². The smallest absolute Gasteiger partial charge is 0.336 e. The summed E-state index contributed by atoms with van der Waals surface area (Å²) in [5.41, 5.74) is 0.460. The minimum absolute atomic E-state index is 0.0801. The van der Waals surface area contributed by atoms with E-state index >= 15 is 0 Å². The average Bonchev–Trinajstić information content (AvgIpc) is 3.50. The van der Waals surface area contributed by atoms with Crippen molar-refractivity contribution in [2.24, 2.45) is 0 Å². The first-order valence-electron chi connectivity index (χ1n) is 18.4. The Labute approximate surface area is 340 Å². The standard InChI is InChI=1S/C39H44O21/c1-15-10-28(47)58-30-24(15)11-25-16(2)12-50-29(25)33(30)60-39-37(55-23(9)46)35(53-21(7)44)32(27(57-39)14-49-18(4)41)59-38-36(54-22(8)45)34(52-20(6)43)31(51-19(5)42)26(56-38)13-48-17(3)40/h10-12,26-27,31-32,34-39H,13-14H2,1-9H3/t26-,27-,31+,32-,34+,35+,36-,37-,38+,39+/m1/s1. The van der Waals surface area contributed by atoms with Gasteiger partial charge in [-0.3, -0.25) is 33.6 Å². The van der Waals surface area contributed by atoms with Gasteiger partial charge in [-0.2, -0.15) is 0 Å². The molecule has 60 heavy (non-hydrogen) atoms. The van der Waals surface area contributed by atoms with Crippen molar-refractivity contribution in [3.05, 3.63) is 39.9 Å². The number of aryl methyl sites for hydroxylation is 2. The summed E-state index contributed by atoms with van der Waals surface area (Å²) in [6.45, 7) is 9.47. The van der Waals surface area contributed by atoms with Gasteiger partial charge in [-0.15, -0.1) is 0 Å². The second-order valence-corrected chi connectivity index (χ2v) is 13.9. The van der Waals surface area contributed by atoms with E-state index in [1.165, 1.54) is 12.3 Å². The molecule has 0 unspecified atom stereocenters. The van der Waals surface area contributed by atoms with Gasteiger partial charge in [-0.25, -0.2) is 4.79 Å². The van der Waals surface area contributed by atoms with Crippen molar-refractivity contribution < 1.29 is 94.5 Å². The van der Waals surface area contributed by atoms with Crippen LogP contribution < -0.4 is 10.4 Å². The highest BCUT2D eigenvalue weighted by molar-refractivity contribution is 6.02. The average molecular weight is 849 g/mol. The molecule has 0 saturated carbocycles. The Bertz CT molecular complexity index is 2200. The van der Waals surface area contributed by atoms with Crippen LogP contribution in [-0.2, 0) is 80.9 Å². The van der Waals surface area contributed by atoms with E-state index in [0.717, 1.165) is 48.5 Å². The van der Waals surface area contributed by atoms with Gasteiger partial charge in [0.15, 0.2) is 41.9 Å². The fourth-order valence-corrected chi connectivity index (χ4v) is 6.81. The molecule has 4 heterocycles. The highest BCUT2D eigenvalue weighted by Crippen LogP contribution is 2.41. The van der Waals surface area contributed by atoms with E-state index < -0.39 is 122 Å². The van der Waals surface area contributed by atoms with Crippen LogP contribution in [0.25, 0.3) is 21.9 Å². The van der Waals surface area contributed by atoms with Gasteiger partial charge in [0.1, 0.15) is 31.5 Å². The van der Waals surface area contributed by atoms with Crippen molar-refractivity contribution in [3.63, 3.8) is 0 Å². The number of rotatable bonds is 13. The predicted octanol–water partition coefficient (Wildman–Crippen LogP) is 2.15. The maximum Gasteiger partial charge on any atom is 0.336 e. The molecular formula is C39H44O21. The van der Waals surface area contributed by atoms with Crippen LogP contribution >= 0.6 is 0 Å². The molecule has 21 nitrogen and oxygen atoms in total. The number of furan rings is 1. The van der Waals surface area contributed by atoms with Gasteiger partial charge in [-0.05, 0) is 31.0 Å². The van der Waals surface area contributed by atoms with Gasteiger partial charge in [-0.1, -0.05) is 0 Å². The second kappa shape index (κ2) is 18.9. The number of fused-ring (bicyclic) bond motifs is 2. The summed E-state index contributed by atoms with van der Waals surface area (Å²) in [6.07, 6.45) is -15.5. The van der Waals surface area contributed by atoms with Crippen LogP contribution in [-0.4, -0.2) is 116 Å². The zero-order valence-corrected chi connectivity index (χ0v) is 34.0. The summed E-state index contributed by atoms with van der Waals surface area (Å²) in [4.78, 5) is 99.8. The lowest BCUT2D eigenvalue weighted by Crippen LogP contribution is -2.67. The molecule has 0 radical (unpaired) electrons. The van der Waals surface area contributed by atoms with Crippen molar-refractivity contribution in [1.29, 1.82) is 0 Å². The zero-order valence-electron chi connectivity index (χ0n) is 34.0. The largest absolute Gasteiger partial charge is 0.463 e. The van der Waals surface area contributed by atoms with Crippen LogP contribution in [0.15, 0.2) is 32.0 Å². The van der Waals surface area contributed by atoms with Crippen molar-refractivity contribution in [1.82, 2.24) is 0 Å². The fraction of sp³-hybridized carbons (Fsp3) is 0.538. The third kappa shape index (κ3) is 10.6. The summed E-state index contributed by atoms with van der Waals surface area (Å²) in [7, 11) is 0. The zero-order chi connectivity index (χ0) is 44.2. The molecule has 0 N–H and O–H groups in total. The van der Waals surface area contributed by atoms with E-state index in [1.54, 1.807) is 19.9 Å². The van der Waals surface area contributed by atoms with E-state index in [4.69, 9.17) is 60.9 Å². The first kappa shape index (κ1) is 45.0. The van der Waals surface area contributed by atoms with Crippen LogP contribution in [0.4, 0.5) is 0 Å². The lowest BCUT2D eigenvalue weighted by Gasteiger charge is -2.48. The van der Waals surface area contributed by atoms with E-state index in [1.807, 2.05) is 0 Å². The van der Waals surface area contributed by atoms with Crippen LogP contribution in [0.5, 0.6) is 5.75 Å². The minimum Gasteiger partial charge on any atom is -0.463 e. The molecule has 10 atom stereocenters. The monoisotopic (exact) mass is 848 g/mol. The molecule has 0 aliphatic carbocycles. The second-order valence-electron chi connectivity index (χ2n) is 13.9. The number of esters is 7. The SMILES string of the molecule is CC(=O)OC[C@H]1O[C@@H](O[C@H]2[C@H](OC(C)=O)[C@@H](OC(C)=O)[C@H](Oc3c4occ(C)c4cc4c(C)cc(=O)oc34)O[C@@H]2COC(C)=O)[C@H](OC(C)=O)[C@@H](OC(C)=O)[C@H]1OC(C)=O. The fourth-order valence-electron chi connectivity index (χ4n) is 6.81. The van der Waals surface area contributed by atoms with E-state index in [0.29, 0.717) is 21.9 Å². The highest BCUT2D eigenvalue weighted by Gasteiger charge is 2.58. The number of carbonyl (C=O) groups excluding carboxylic acids is 7. The maximum atomic E-state index is 12.9. The van der Waals surface area contributed by atoms with Crippen LogP contribution in [0.1, 0.15) is 59.6 Å². The summed E-state index contributed by atoms with van der Waals surface area (Å²) in [6, 6.07) is 3.00. The number of ether oxygens (including phenoxy) is 11. The van der Waals surface area contributed by atoms with E-state index in [9.17, 15) is 38.4 Å². The quantitative estimate of drug-likeness (QED) is 0.135. The summed E-state index contributed by atoms with van der Waals surface area (Å²) < 4.78 is 75.0. The number of hydrogen-bond acceptors (Lipinski definition) is 21. The number of hydrogen-bond donors (Lipinski definition) is 0. The Balaban J connectivity index is 1.67. The maximum absolute atomic E-state index is 12.9. The Kier molecular flexibility index (Phi) is 14.2. The van der Waals surface area contributed by atoms with Gasteiger partial charge in [0.05, 0.1) is 6.26 Å². The molecule has 2 fully saturated rings. The molecule has 0 amide bonds. The Morgan fingerprint density at radius 3 is 1.52 bits per heavy atom. The van der Waals surface area contributed by atoms with Crippen LogP contribution in [0, 0.1) is 13.8 Å². The van der Waals surface area contributed by atoms with Crippen molar-refractivity contribution in [2.75, 3.05) is 13.2 Å². The third-order valence-electron chi connectivity index (χ3n) is 9.05. The van der Waals surface area contributed by atoms with Crippen LogP contribution in [0.3, 0.4) is 0 Å². The first-order chi connectivity index (χ1) is 28.2. The van der Waals surface area contributed by atoms with E-state index in [2.05, 4.69) is 0 Å². The predicted molar refractivity (Wildman–Crippen MR) is 196 cm³/mol. The lowest BCUT2D eigenvalue weighted by atomic mass is 9.96. The normalized spacial score (nSPS) is 26.4. The van der Waals surface area contributed by atoms with Gasteiger partial charge >= 0.3 is 47.4 Å². The van der Waals surface area contributed by atoms with Crippen LogP contribution in [0.2, 0.25) is 0 Å². The Hall–Kier alpha value is -6.06. The molecule has 5 rings (SSSR count). The Morgan fingerprint density at radius 2 is 0.983 bits per heavy atom. The lowest BCUT2D eigenvalue weighted by molar-refractivity contribution is -0.354. The molecule has 2 aromatic heterocycles. The topological polar surface area (TPSA) is 264 Å². The van der Waals surface area contributed by atoms with Crippen molar-refractivity contribution >= 4 is 63.7 Å². The first-order valence-corrected chi connectivity index (χ1v) is 18.4. The number of benzene rings is 1. The molecule has 2 aliphatic heterocycles. The summed E-state index contributed by atoms with van der Waals surface area (Å²) >= 11 is 0. The van der Waals surface area contributed by atoms with Crippen molar-refractivity contribution in [2.45, 2.75) is 124 Å². The van der Waals surface area contributed by atoms with Gasteiger partial charge in [0.2, 0.25) is 18.1 Å².